The minimum Gasteiger partial charge on any atom is -0.256 e. The lowest BCUT2D eigenvalue weighted by Gasteiger charge is -2.07. The summed E-state index contributed by atoms with van der Waals surface area (Å²) in [4.78, 5) is 9.43. The van der Waals surface area contributed by atoms with E-state index in [9.17, 15) is 0 Å². The van der Waals surface area contributed by atoms with Crippen LogP contribution in [0.25, 0.3) is 22.5 Å². The number of nitrogens with zero attached hydrogens (tertiary/aromatic N) is 2. The SMILES string of the molecule is CCCCCCCCc1ccc(-c2ccc(-c3ccc(CCCCCCCC)cn3)cn2)cc1. The molecule has 0 bridgehead atoms. The van der Waals surface area contributed by atoms with E-state index in [4.69, 9.17) is 9.97 Å². The number of pyridine rings is 2. The molecule has 0 radical (unpaired) electrons. The summed E-state index contributed by atoms with van der Waals surface area (Å²) in [5.74, 6) is 0. The number of hydrogen-bond acceptors (Lipinski definition) is 2. The van der Waals surface area contributed by atoms with Crippen LogP contribution in [-0.2, 0) is 12.8 Å². The Hall–Kier alpha value is -2.48. The van der Waals surface area contributed by atoms with Crippen LogP contribution in [0, 0.1) is 0 Å². The van der Waals surface area contributed by atoms with Gasteiger partial charge in [-0.1, -0.05) is 108 Å². The zero-order valence-corrected chi connectivity index (χ0v) is 21.6. The average Bonchev–Trinajstić information content (AvgIpc) is 2.89. The van der Waals surface area contributed by atoms with Crippen LogP contribution in [0.3, 0.4) is 0 Å². The van der Waals surface area contributed by atoms with E-state index in [1.807, 2.05) is 12.4 Å². The molecule has 0 aliphatic rings. The molecule has 0 aliphatic carbocycles. The Labute approximate surface area is 208 Å². The van der Waals surface area contributed by atoms with Crippen LogP contribution in [0.1, 0.15) is 102 Å². The third-order valence-corrected chi connectivity index (χ3v) is 6.77. The number of benzene rings is 1. The summed E-state index contributed by atoms with van der Waals surface area (Å²) in [7, 11) is 0. The van der Waals surface area contributed by atoms with Gasteiger partial charge in [0.2, 0.25) is 0 Å². The molecule has 182 valence electrons. The van der Waals surface area contributed by atoms with Gasteiger partial charge in [-0.3, -0.25) is 9.97 Å². The lowest BCUT2D eigenvalue weighted by atomic mass is 10.0. The third-order valence-electron chi connectivity index (χ3n) is 6.77. The van der Waals surface area contributed by atoms with Crippen molar-refractivity contribution in [2.45, 2.75) is 104 Å². The number of unbranched alkanes of at least 4 members (excludes halogenated alkanes) is 10. The molecule has 0 spiro atoms. The number of rotatable bonds is 16. The Morgan fingerprint density at radius 3 is 1.47 bits per heavy atom. The molecule has 1 aromatic carbocycles. The van der Waals surface area contributed by atoms with Crippen molar-refractivity contribution in [2.75, 3.05) is 0 Å². The summed E-state index contributed by atoms with van der Waals surface area (Å²) >= 11 is 0. The van der Waals surface area contributed by atoms with Crippen molar-refractivity contribution in [3.05, 3.63) is 72.1 Å². The van der Waals surface area contributed by atoms with Crippen LogP contribution in [0.15, 0.2) is 60.9 Å². The zero-order valence-electron chi connectivity index (χ0n) is 21.6. The fourth-order valence-electron chi connectivity index (χ4n) is 4.52. The summed E-state index contributed by atoms with van der Waals surface area (Å²) < 4.78 is 0. The maximum Gasteiger partial charge on any atom is 0.0717 e. The topological polar surface area (TPSA) is 25.8 Å². The van der Waals surface area contributed by atoms with Crippen LogP contribution >= 0.6 is 0 Å². The van der Waals surface area contributed by atoms with Crippen LogP contribution in [0.4, 0.5) is 0 Å². The number of aromatic nitrogens is 2. The second kappa shape index (κ2) is 15.4. The molecule has 34 heavy (non-hydrogen) atoms. The molecule has 0 fully saturated rings. The number of hydrogen-bond donors (Lipinski definition) is 0. The largest absolute Gasteiger partial charge is 0.256 e. The van der Waals surface area contributed by atoms with Gasteiger partial charge in [-0.25, -0.2) is 0 Å². The number of aryl methyl sites for hydroxylation is 2. The van der Waals surface area contributed by atoms with Crippen molar-refractivity contribution in [3.8, 4) is 22.5 Å². The quantitative estimate of drug-likeness (QED) is 0.200. The molecule has 2 aromatic heterocycles. The molecule has 0 atom stereocenters. The minimum atomic E-state index is 1.00. The average molecular weight is 457 g/mol. The van der Waals surface area contributed by atoms with Crippen LogP contribution in [0.5, 0.6) is 0 Å². The Morgan fingerprint density at radius 1 is 0.441 bits per heavy atom. The highest BCUT2D eigenvalue weighted by Crippen LogP contribution is 2.23. The summed E-state index contributed by atoms with van der Waals surface area (Å²) in [5.41, 5.74) is 7.05. The molecule has 0 N–H and O–H groups in total. The summed E-state index contributed by atoms with van der Waals surface area (Å²) in [6, 6.07) is 17.6. The normalized spacial score (nSPS) is 11.1. The fraction of sp³-hybridized carbons (Fsp3) is 0.500. The molecule has 0 unspecified atom stereocenters. The molecule has 2 heteroatoms. The highest BCUT2D eigenvalue weighted by atomic mass is 14.7. The fourth-order valence-corrected chi connectivity index (χ4v) is 4.52. The Morgan fingerprint density at radius 2 is 0.912 bits per heavy atom. The second-order valence-corrected chi connectivity index (χ2v) is 9.72. The van der Waals surface area contributed by atoms with Gasteiger partial charge in [0.05, 0.1) is 11.4 Å². The molecular weight excluding hydrogens is 412 g/mol. The molecule has 0 amide bonds. The first-order valence-electron chi connectivity index (χ1n) is 13.8. The van der Waals surface area contributed by atoms with Crippen molar-refractivity contribution in [1.82, 2.24) is 9.97 Å². The standard InChI is InChI=1S/C32H44N2/c1-3-5-7-9-11-13-15-27-17-20-29(21-18-27)31-24-22-30(26-34-31)32-23-19-28(25-33-32)16-14-12-10-8-6-4-2/h17-26H,3-16H2,1-2H3. The smallest absolute Gasteiger partial charge is 0.0717 e. The van der Waals surface area contributed by atoms with E-state index in [0.717, 1.165) is 23.4 Å². The minimum absolute atomic E-state index is 1.00. The van der Waals surface area contributed by atoms with Crippen molar-refractivity contribution in [1.29, 1.82) is 0 Å². The second-order valence-electron chi connectivity index (χ2n) is 9.72. The van der Waals surface area contributed by atoms with Crippen molar-refractivity contribution >= 4 is 0 Å². The Balaban J connectivity index is 1.46. The van der Waals surface area contributed by atoms with Crippen LogP contribution < -0.4 is 0 Å². The van der Waals surface area contributed by atoms with Crippen LogP contribution in [0.2, 0.25) is 0 Å². The lowest BCUT2D eigenvalue weighted by molar-refractivity contribution is 0.607. The molecule has 3 aromatic rings. The van der Waals surface area contributed by atoms with E-state index in [2.05, 4.69) is 62.4 Å². The van der Waals surface area contributed by atoms with Gasteiger partial charge in [-0.15, -0.1) is 0 Å². The van der Waals surface area contributed by atoms with E-state index in [-0.39, 0.29) is 0 Å². The van der Waals surface area contributed by atoms with Gasteiger partial charge in [0.25, 0.3) is 0 Å². The molecular formula is C32H44N2. The van der Waals surface area contributed by atoms with E-state index in [0.29, 0.717) is 0 Å². The lowest BCUT2D eigenvalue weighted by Crippen LogP contribution is -1.91. The molecule has 3 rings (SSSR count). The predicted octanol–water partition coefficient (Wildman–Crippen LogP) is 9.62. The maximum atomic E-state index is 4.73. The molecule has 2 heterocycles. The van der Waals surface area contributed by atoms with Gasteiger partial charge in [0.1, 0.15) is 0 Å². The molecule has 0 saturated heterocycles. The van der Waals surface area contributed by atoms with Gasteiger partial charge in [0, 0.05) is 23.5 Å². The summed E-state index contributed by atoms with van der Waals surface area (Å²) in [5, 5.41) is 0. The zero-order chi connectivity index (χ0) is 23.8. The van der Waals surface area contributed by atoms with E-state index < -0.39 is 0 Å². The summed E-state index contributed by atoms with van der Waals surface area (Å²) in [6.45, 7) is 4.54. The van der Waals surface area contributed by atoms with Crippen molar-refractivity contribution in [2.24, 2.45) is 0 Å². The van der Waals surface area contributed by atoms with Gasteiger partial charge in [-0.2, -0.15) is 0 Å². The van der Waals surface area contributed by atoms with E-state index in [1.165, 1.54) is 100 Å². The molecule has 0 aliphatic heterocycles. The Bertz CT molecular complexity index is 832. The highest BCUT2D eigenvalue weighted by Gasteiger charge is 2.04. The van der Waals surface area contributed by atoms with Gasteiger partial charge >= 0.3 is 0 Å². The van der Waals surface area contributed by atoms with Crippen LogP contribution in [-0.4, -0.2) is 9.97 Å². The Kier molecular flexibility index (Phi) is 11.9. The van der Waals surface area contributed by atoms with Gasteiger partial charge < -0.3 is 0 Å². The van der Waals surface area contributed by atoms with E-state index >= 15 is 0 Å². The summed E-state index contributed by atoms with van der Waals surface area (Å²) in [6.07, 6.45) is 22.4. The van der Waals surface area contributed by atoms with Crippen molar-refractivity contribution < 1.29 is 0 Å². The predicted molar refractivity (Wildman–Crippen MR) is 147 cm³/mol. The highest BCUT2D eigenvalue weighted by molar-refractivity contribution is 5.64. The monoisotopic (exact) mass is 456 g/mol. The van der Waals surface area contributed by atoms with Gasteiger partial charge in [-0.05, 0) is 55.0 Å². The first kappa shape index (κ1) is 26.1. The maximum absolute atomic E-state index is 4.73. The first-order chi connectivity index (χ1) is 16.8. The molecule has 0 saturated carbocycles. The van der Waals surface area contributed by atoms with Gasteiger partial charge in [0.15, 0.2) is 0 Å². The third kappa shape index (κ3) is 9.05. The van der Waals surface area contributed by atoms with E-state index in [1.54, 1.807) is 0 Å². The van der Waals surface area contributed by atoms with Crippen molar-refractivity contribution in [3.63, 3.8) is 0 Å². The first-order valence-corrected chi connectivity index (χ1v) is 13.8. The molecule has 2 nitrogen and oxygen atoms in total.